The molecule has 0 atom stereocenters. The van der Waals surface area contributed by atoms with Crippen LogP contribution in [0.5, 0.6) is 5.75 Å². The molecule has 0 spiro atoms. The summed E-state index contributed by atoms with van der Waals surface area (Å²) in [6, 6.07) is 8.04. The van der Waals surface area contributed by atoms with Gasteiger partial charge in [-0.1, -0.05) is 11.3 Å². The standard InChI is InChI=1S/C14H9FN2O3S/c15-7-1-4-11(18)9(5-7)13(19)16-8-2-3-10-12(6-8)21-14(20)17-10/h1-6,18H,(H,16,19)(H,17,20). The largest absolute Gasteiger partial charge is 0.507 e. The van der Waals surface area contributed by atoms with Crippen molar-refractivity contribution in [1.82, 2.24) is 4.98 Å². The molecule has 3 N–H and O–H groups in total. The van der Waals surface area contributed by atoms with Gasteiger partial charge in [0.25, 0.3) is 5.91 Å². The zero-order chi connectivity index (χ0) is 15.0. The van der Waals surface area contributed by atoms with Gasteiger partial charge in [-0.15, -0.1) is 0 Å². The van der Waals surface area contributed by atoms with E-state index in [2.05, 4.69) is 10.3 Å². The second kappa shape index (κ2) is 5.02. The molecular formula is C14H9FN2O3S. The van der Waals surface area contributed by atoms with Gasteiger partial charge in [0.05, 0.1) is 15.8 Å². The van der Waals surface area contributed by atoms with E-state index in [-0.39, 0.29) is 16.2 Å². The van der Waals surface area contributed by atoms with Gasteiger partial charge in [0.15, 0.2) is 0 Å². The van der Waals surface area contributed by atoms with E-state index in [9.17, 15) is 19.1 Å². The van der Waals surface area contributed by atoms with Crippen LogP contribution in [-0.4, -0.2) is 16.0 Å². The maximum absolute atomic E-state index is 13.1. The van der Waals surface area contributed by atoms with Crippen molar-refractivity contribution in [3.63, 3.8) is 0 Å². The quantitative estimate of drug-likeness (QED) is 0.681. The molecule has 0 aliphatic rings. The number of benzene rings is 2. The number of phenolic OH excluding ortho intramolecular Hbond substituents is 1. The van der Waals surface area contributed by atoms with Crippen molar-refractivity contribution in [2.45, 2.75) is 0 Å². The Bertz CT molecular complexity index is 901. The molecule has 0 aliphatic carbocycles. The molecule has 2 aromatic carbocycles. The Hall–Kier alpha value is -2.67. The molecule has 0 aliphatic heterocycles. The summed E-state index contributed by atoms with van der Waals surface area (Å²) in [5, 5.41) is 12.1. The fraction of sp³-hybridized carbons (Fsp3) is 0. The van der Waals surface area contributed by atoms with Gasteiger partial charge in [0, 0.05) is 5.69 Å². The maximum Gasteiger partial charge on any atom is 0.305 e. The van der Waals surface area contributed by atoms with Crippen LogP contribution < -0.4 is 10.2 Å². The normalized spacial score (nSPS) is 10.7. The number of nitrogens with one attached hydrogen (secondary N) is 2. The highest BCUT2D eigenvalue weighted by Gasteiger charge is 2.13. The SMILES string of the molecule is O=C(Nc1ccc2[nH]c(=O)sc2c1)c1cc(F)ccc1O. The van der Waals surface area contributed by atoms with Crippen LogP contribution in [0.1, 0.15) is 10.4 Å². The molecule has 7 heteroatoms. The fourth-order valence-electron chi connectivity index (χ4n) is 1.91. The first kappa shape index (κ1) is 13.3. The van der Waals surface area contributed by atoms with Gasteiger partial charge in [-0.2, -0.15) is 0 Å². The number of amides is 1. The maximum atomic E-state index is 13.1. The third-order valence-corrected chi connectivity index (χ3v) is 3.73. The molecular weight excluding hydrogens is 295 g/mol. The number of anilines is 1. The van der Waals surface area contributed by atoms with Gasteiger partial charge in [0.1, 0.15) is 11.6 Å². The summed E-state index contributed by atoms with van der Waals surface area (Å²) in [6.45, 7) is 0. The first-order valence-corrected chi connectivity index (χ1v) is 6.77. The van der Waals surface area contributed by atoms with Crippen molar-refractivity contribution < 1.29 is 14.3 Å². The Labute approximate surface area is 121 Å². The van der Waals surface area contributed by atoms with Gasteiger partial charge >= 0.3 is 4.87 Å². The minimum Gasteiger partial charge on any atom is -0.507 e. The molecule has 3 aromatic rings. The van der Waals surface area contributed by atoms with Crippen molar-refractivity contribution in [3.8, 4) is 5.75 Å². The number of aromatic amines is 1. The van der Waals surface area contributed by atoms with E-state index >= 15 is 0 Å². The molecule has 5 nitrogen and oxygen atoms in total. The lowest BCUT2D eigenvalue weighted by atomic mass is 10.1. The monoisotopic (exact) mass is 304 g/mol. The molecule has 1 heterocycles. The lowest BCUT2D eigenvalue weighted by Gasteiger charge is -2.07. The molecule has 0 saturated heterocycles. The van der Waals surface area contributed by atoms with E-state index < -0.39 is 11.7 Å². The molecule has 21 heavy (non-hydrogen) atoms. The van der Waals surface area contributed by atoms with E-state index in [0.717, 1.165) is 29.5 Å². The second-order valence-corrected chi connectivity index (χ2v) is 5.36. The molecule has 1 amide bonds. The zero-order valence-electron chi connectivity index (χ0n) is 10.5. The highest BCUT2D eigenvalue weighted by molar-refractivity contribution is 7.16. The zero-order valence-corrected chi connectivity index (χ0v) is 11.3. The van der Waals surface area contributed by atoms with Gasteiger partial charge < -0.3 is 15.4 Å². The first-order valence-electron chi connectivity index (χ1n) is 5.96. The highest BCUT2D eigenvalue weighted by Crippen LogP contribution is 2.22. The first-order chi connectivity index (χ1) is 10.0. The Balaban J connectivity index is 1.92. The van der Waals surface area contributed by atoms with Crippen molar-refractivity contribution in [3.05, 3.63) is 57.4 Å². The van der Waals surface area contributed by atoms with Crippen LogP contribution >= 0.6 is 11.3 Å². The van der Waals surface area contributed by atoms with Crippen molar-refractivity contribution in [2.24, 2.45) is 0 Å². The number of carbonyl (C=O) groups is 1. The summed E-state index contributed by atoms with van der Waals surface area (Å²) in [4.78, 5) is 25.7. The molecule has 0 fully saturated rings. The van der Waals surface area contributed by atoms with Crippen LogP contribution in [0.4, 0.5) is 10.1 Å². The van der Waals surface area contributed by atoms with E-state index in [0.29, 0.717) is 15.9 Å². The molecule has 0 bridgehead atoms. The summed E-state index contributed by atoms with van der Waals surface area (Å²) in [7, 11) is 0. The smallest absolute Gasteiger partial charge is 0.305 e. The van der Waals surface area contributed by atoms with E-state index in [1.165, 1.54) is 0 Å². The molecule has 0 unspecified atom stereocenters. The third-order valence-electron chi connectivity index (χ3n) is 2.88. The average Bonchev–Trinajstić information content (AvgIpc) is 2.80. The molecule has 1 aromatic heterocycles. The van der Waals surface area contributed by atoms with Crippen molar-refractivity contribution in [2.75, 3.05) is 5.32 Å². The van der Waals surface area contributed by atoms with Crippen LogP contribution in [0.25, 0.3) is 10.2 Å². The number of halogens is 1. The minimum atomic E-state index is -0.630. The number of hydrogen-bond acceptors (Lipinski definition) is 4. The molecule has 106 valence electrons. The van der Waals surface area contributed by atoms with Crippen molar-refractivity contribution >= 4 is 33.1 Å². The highest BCUT2D eigenvalue weighted by atomic mass is 32.1. The van der Waals surface area contributed by atoms with Crippen molar-refractivity contribution in [1.29, 1.82) is 0 Å². The number of aromatic nitrogens is 1. The number of aromatic hydroxyl groups is 1. The fourth-order valence-corrected chi connectivity index (χ4v) is 2.69. The van der Waals surface area contributed by atoms with Crippen LogP contribution in [0.2, 0.25) is 0 Å². The number of thiazole rings is 1. The van der Waals surface area contributed by atoms with Gasteiger partial charge in [-0.05, 0) is 36.4 Å². The average molecular weight is 304 g/mol. The Morgan fingerprint density at radius 2 is 2.05 bits per heavy atom. The summed E-state index contributed by atoms with van der Waals surface area (Å²) < 4.78 is 13.8. The lowest BCUT2D eigenvalue weighted by Crippen LogP contribution is -2.12. The number of H-pyrrole nitrogens is 1. The number of fused-ring (bicyclic) bond motifs is 1. The lowest BCUT2D eigenvalue weighted by molar-refractivity contribution is 0.102. The van der Waals surface area contributed by atoms with Crippen LogP contribution in [0.3, 0.4) is 0 Å². The Kier molecular flexibility index (Phi) is 3.19. The molecule has 0 saturated carbocycles. The topological polar surface area (TPSA) is 82.2 Å². The summed E-state index contributed by atoms with van der Waals surface area (Å²) in [5.41, 5.74) is 0.973. The number of rotatable bonds is 2. The van der Waals surface area contributed by atoms with Crippen LogP contribution in [-0.2, 0) is 0 Å². The van der Waals surface area contributed by atoms with E-state index in [4.69, 9.17) is 0 Å². The minimum absolute atomic E-state index is 0.155. The molecule has 3 rings (SSSR count). The Morgan fingerprint density at radius 1 is 1.24 bits per heavy atom. The summed E-state index contributed by atoms with van der Waals surface area (Å²) in [6.07, 6.45) is 0. The number of hydrogen-bond donors (Lipinski definition) is 3. The van der Waals surface area contributed by atoms with Gasteiger partial charge in [0.2, 0.25) is 0 Å². The summed E-state index contributed by atoms with van der Waals surface area (Å²) in [5.74, 6) is -1.55. The third kappa shape index (κ3) is 2.63. The predicted octanol–water partition coefficient (Wildman–Crippen LogP) is 2.69. The van der Waals surface area contributed by atoms with E-state index in [1.54, 1.807) is 18.2 Å². The van der Waals surface area contributed by atoms with Gasteiger partial charge in [-0.3, -0.25) is 9.59 Å². The van der Waals surface area contributed by atoms with E-state index in [1.807, 2.05) is 0 Å². The van der Waals surface area contributed by atoms with Gasteiger partial charge in [-0.25, -0.2) is 4.39 Å². The second-order valence-electron chi connectivity index (χ2n) is 4.34. The number of carbonyl (C=O) groups excluding carboxylic acids is 1. The number of phenols is 1. The molecule has 0 radical (unpaired) electrons. The van der Waals surface area contributed by atoms with Crippen LogP contribution in [0, 0.1) is 5.82 Å². The summed E-state index contributed by atoms with van der Waals surface area (Å²) >= 11 is 1.02. The van der Waals surface area contributed by atoms with Crippen LogP contribution in [0.15, 0.2) is 41.2 Å². The Morgan fingerprint density at radius 3 is 2.86 bits per heavy atom. The predicted molar refractivity (Wildman–Crippen MR) is 78.5 cm³/mol.